The van der Waals surface area contributed by atoms with Crippen molar-refractivity contribution in [1.82, 2.24) is 5.43 Å². The number of anilines is 1. The van der Waals surface area contributed by atoms with Crippen molar-refractivity contribution in [3.63, 3.8) is 0 Å². The number of nitrogen functional groups attached to an aromatic ring is 1. The van der Waals surface area contributed by atoms with E-state index in [4.69, 9.17) is 26.8 Å². The number of halogens is 1. The Hall–Kier alpha value is -2.73. The minimum atomic E-state index is -0.356. The van der Waals surface area contributed by atoms with Gasteiger partial charge in [-0.3, -0.25) is 4.79 Å². The van der Waals surface area contributed by atoms with E-state index < -0.39 is 0 Å². The van der Waals surface area contributed by atoms with E-state index in [1.165, 1.54) is 6.21 Å². The third-order valence-corrected chi connectivity index (χ3v) is 3.43. The van der Waals surface area contributed by atoms with Gasteiger partial charge in [-0.25, -0.2) is 5.43 Å². The number of hydrazone groups is 1. The number of rotatable bonds is 7. The second-order valence-electron chi connectivity index (χ2n) is 5.02. The molecule has 0 heterocycles. The van der Waals surface area contributed by atoms with E-state index in [9.17, 15) is 4.79 Å². The molecule has 0 saturated heterocycles. The molecule has 2 aromatic rings. The molecule has 0 aliphatic carbocycles. The monoisotopic (exact) mass is 361 g/mol. The number of carbonyl (C=O) groups is 1. The number of nitrogens with one attached hydrogen (secondary N) is 1. The van der Waals surface area contributed by atoms with Gasteiger partial charge in [-0.15, -0.1) is 0 Å². The smallest absolute Gasteiger partial charge is 0.271 e. The number of hydrogen-bond acceptors (Lipinski definition) is 5. The van der Waals surface area contributed by atoms with Crippen LogP contribution in [0.15, 0.2) is 41.5 Å². The van der Waals surface area contributed by atoms with Crippen LogP contribution in [0.25, 0.3) is 0 Å². The van der Waals surface area contributed by atoms with Crippen LogP contribution in [0.1, 0.15) is 29.8 Å². The molecule has 0 atom stereocenters. The van der Waals surface area contributed by atoms with Crippen LogP contribution < -0.4 is 20.6 Å². The molecule has 0 aliphatic rings. The second-order valence-corrected chi connectivity index (χ2v) is 5.43. The Kier molecular flexibility index (Phi) is 6.65. The van der Waals surface area contributed by atoms with Crippen LogP contribution in [0.4, 0.5) is 5.69 Å². The first-order valence-electron chi connectivity index (χ1n) is 7.83. The summed E-state index contributed by atoms with van der Waals surface area (Å²) in [5, 5.41) is 4.36. The number of nitrogens with two attached hydrogens (primary N) is 1. The molecule has 0 bridgehead atoms. The van der Waals surface area contributed by atoms with E-state index in [2.05, 4.69) is 10.5 Å². The third-order valence-electron chi connectivity index (χ3n) is 3.15. The van der Waals surface area contributed by atoms with Crippen molar-refractivity contribution in [3.05, 3.63) is 52.5 Å². The molecule has 0 fully saturated rings. The van der Waals surface area contributed by atoms with E-state index in [1.807, 2.05) is 13.8 Å². The van der Waals surface area contributed by atoms with Gasteiger partial charge in [0.25, 0.3) is 5.91 Å². The standard InChI is InChI=1S/C18H20ClN3O3/c1-3-24-16-9-12(8-15(19)17(16)25-4-2)11-21-22-18(23)13-6-5-7-14(20)10-13/h5-11H,3-4,20H2,1-2H3,(H,22,23)/b21-11-. The fraction of sp³-hybridized carbons (Fsp3) is 0.222. The highest BCUT2D eigenvalue weighted by molar-refractivity contribution is 6.32. The Bertz CT molecular complexity index is 778. The minimum Gasteiger partial charge on any atom is -0.490 e. The molecule has 0 aromatic heterocycles. The highest BCUT2D eigenvalue weighted by Gasteiger charge is 2.11. The molecule has 25 heavy (non-hydrogen) atoms. The Morgan fingerprint density at radius 3 is 2.68 bits per heavy atom. The average molecular weight is 362 g/mol. The Balaban J connectivity index is 2.13. The lowest BCUT2D eigenvalue weighted by atomic mass is 10.2. The summed E-state index contributed by atoms with van der Waals surface area (Å²) >= 11 is 6.24. The quantitative estimate of drug-likeness (QED) is 0.449. The van der Waals surface area contributed by atoms with E-state index in [0.717, 1.165) is 0 Å². The lowest BCUT2D eigenvalue weighted by molar-refractivity contribution is 0.0955. The zero-order valence-electron chi connectivity index (χ0n) is 14.1. The molecule has 0 unspecified atom stereocenters. The van der Waals surface area contributed by atoms with Crippen LogP contribution in [0, 0.1) is 0 Å². The molecule has 6 nitrogen and oxygen atoms in total. The lowest BCUT2D eigenvalue weighted by Crippen LogP contribution is -2.17. The maximum atomic E-state index is 12.0. The van der Waals surface area contributed by atoms with Crippen LogP contribution in [-0.2, 0) is 0 Å². The van der Waals surface area contributed by atoms with Gasteiger partial charge in [-0.1, -0.05) is 17.7 Å². The summed E-state index contributed by atoms with van der Waals surface area (Å²) in [5.41, 5.74) is 9.71. The molecular formula is C18H20ClN3O3. The van der Waals surface area contributed by atoms with Gasteiger partial charge in [0.2, 0.25) is 0 Å². The summed E-state index contributed by atoms with van der Waals surface area (Å²) < 4.78 is 11.1. The summed E-state index contributed by atoms with van der Waals surface area (Å²) in [7, 11) is 0. The van der Waals surface area contributed by atoms with E-state index in [1.54, 1.807) is 36.4 Å². The SMILES string of the molecule is CCOc1cc(/C=N\NC(=O)c2cccc(N)c2)cc(Cl)c1OCC. The number of hydrogen-bond donors (Lipinski definition) is 2. The Morgan fingerprint density at radius 1 is 1.24 bits per heavy atom. The van der Waals surface area contributed by atoms with Crippen molar-refractivity contribution in [1.29, 1.82) is 0 Å². The normalized spacial score (nSPS) is 10.7. The van der Waals surface area contributed by atoms with Gasteiger partial charge in [0.1, 0.15) is 0 Å². The van der Waals surface area contributed by atoms with Crippen molar-refractivity contribution >= 4 is 29.4 Å². The van der Waals surface area contributed by atoms with Crippen LogP contribution >= 0.6 is 11.6 Å². The third kappa shape index (κ3) is 5.12. The van der Waals surface area contributed by atoms with Gasteiger partial charge in [0.05, 0.1) is 24.5 Å². The molecule has 132 valence electrons. The van der Waals surface area contributed by atoms with Crippen LogP contribution in [-0.4, -0.2) is 25.3 Å². The van der Waals surface area contributed by atoms with Gasteiger partial charge < -0.3 is 15.2 Å². The van der Waals surface area contributed by atoms with Crippen LogP contribution in [0.5, 0.6) is 11.5 Å². The summed E-state index contributed by atoms with van der Waals surface area (Å²) in [6.45, 7) is 4.69. The first-order chi connectivity index (χ1) is 12.0. The summed E-state index contributed by atoms with van der Waals surface area (Å²) in [6.07, 6.45) is 1.48. The fourth-order valence-electron chi connectivity index (χ4n) is 2.12. The number of benzene rings is 2. The van der Waals surface area contributed by atoms with Crippen molar-refractivity contribution < 1.29 is 14.3 Å². The molecule has 7 heteroatoms. The molecule has 2 rings (SSSR count). The van der Waals surface area contributed by atoms with Crippen molar-refractivity contribution in [3.8, 4) is 11.5 Å². The molecule has 2 aromatic carbocycles. The predicted molar refractivity (Wildman–Crippen MR) is 99.7 cm³/mol. The van der Waals surface area contributed by atoms with E-state index in [0.29, 0.717) is 46.5 Å². The van der Waals surface area contributed by atoms with Crippen LogP contribution in [0.3, 0.4) is 0 Å². The number of carbonyl (C=O) groups excluding carboxylic acids is 1. The number of nitrogens with zero attached hydrogens (tertiary/aromatic N) is 1. The molecular weight excluding hydrogens is 342 g/mol. The Labute approximate surface area is 151 Å². The van der Waals surface area contributed by atoms with Gasteiger partial charge >= 0.3 is 0 Å². The summed E-state index contributed by atoms with van der Waals surface area (Å²) in [4.78, 5) is 12.0. The van der Waals surface area contributed by atoms with Crippen molar-refractivity contribution in [2.45, 2.75) is 13.8 Å². The van der Waals surface area contributed by atoms with Crippen molar-refractivity contribution in [2.24, 2.45) is 5.10 Å². The molecule has 3 N–H and O–H groups in total. The van der Waals surface area contributed by atoms with Gasteiger partial charge in [-0.05, 0) is 49.7 Å². The fourth-order valence-corrected chi connectivity index (χ4v) is 2.39. The number of ether oxygens (including phenoxy) is 2. The molecule has 1 amide bonds. The van der Waals surface area contributed by atoms with E-state index in [-0.39, 0.29) is 5.91 Å². The molecule has 0 radical (unpaired) electrons. The summed E-state index contributed by atoms with van der Waals surface area (Å²) in [5.74, 6) is 0.665. The first kappa shape index (κ1) is 18.6. The molecule has 0 saturated carbocycles. The maximum absolute atomic E-state index is 12.0. The first-order valence-corrected chi connectivity index (χ1v) is 8.21. The van der Waals surface area contributed by atoms with Gasteiger partial charge in [-0.2, -0.15) is 5.10 Å². The average Bonchev–Trinajstić information content (AvgIpc) is 2.58. The van der Waals surface area contributed by atoms with Gasteiger partial charge in [0, 0.05) is 11.3 Å². The topological polar surface area (TPSA) is 85.9 Å². The zero-order chi connectivity index (χ0) is 18.2. The summed E-state index contributed by atoms with van der Waals surface area (Å²) in [6, 6.07) is 10.1. The highest BCUT2D eigenvalue weighted by Crippen LogP contribution is 2.36. The van der Waals surface area contributed by atoms with Gasteiger partial charge in [0.15, 0.2) is 11.5 Å². The van der Waals surface area contributed by atoms with Crippen LogP contribution in [0.2, 0.25) is 5.02 Å². The lowest BCUT2D eigenvalue weighted by Gasteiger charge is -2.13. The van der Waals surface area contributed by atoms with E-state index >= 15 is 0 Å². The largest absolute Gasteiger partial charge is 0.490 e. The maximum Gasteiger partial charge on any atom is 0.271 e. The molecule has 0 spiro atoms. The number of amides is 1. The second kappa shape index (κ2) is 8.94. The minimum absolute atomic E-state index is 0.356. The highest BCUT2D eigenvalue weighted by atomic mass is 35.5. The van der Waals surface area contributed by atoms with Crippen molar-refractivity contribution in [2.75, 3.05) is 18.9 Å². The Morgan fingerprint density at radius 2 is 2.00 bits per heavy atom. The zero-order valence-corrected chi connectivity index (χ0v) is 14.8. The molecule has 0 aliphatic heterocycles. The predicted octanol–water partition coefficient (Wildman–Crippen LogP) is 3.48.